The fraction of sp³-hybridized carbons (Fsp3) is 0.400. The molecule has 1 heterocycles. The number of allylic oxidation sites excluding steroid dienone is 1. The summed E-state index contributed by atoms with van der Waals surface area (Å²) in [6.07, 6.45) is 3.15. The van der Waals surface area contributed by atoms with E-state index < -0.39 is 10.9 Å². The molecule has 0 fully saturated rings. The Bertz CT molecular complexity index is 476. The van der Waals surface area contributed by atoms with Gasteiger partial charge in [0.1, 0.15) is 0 Å². The number of hydrogen-bond donors (Lipinski definition) is 0. The second-order valence-corrected chi connectivity index (χ2v) is 3.49. The zero-order chi connectivity index (χ0) is 13.0. The third kappa shape index (κ3) is 3.13. The van der Waals surface area contributed by atoms with Crippen LogP contribution in [0, 0.1) is 17.0 Å². The van der Waals surface area contributed by atoms with Crippen LogP contribution in [0.3, 0.4) is 0 Å². The van der Waals surface area contributed by atoms with E-state index in [2.05, 4.69) is 9.84 Å². The summed E-state index contributed by atoms with van der Waals surface area (Å²) in [4.78, 5) is 21.1. The fourth-order valence-corrected chi connectivity index (χ4v) is 1.26. The molecule has 0 saturated heterocycles. The van der Waals surface area contributed by atoms with Gasteiger partial charge in [-0.2, -0.15) is 4.68 Å². The highest BCUT2D eigenvalue weighted by Gasteiger charge is 2.16. The van der Waals surface area contributed by atoms with Crippen molar-refractivity contribution >= 4 is 11.8 Å². The highest BCUT2D eigenvalue weighted by atomic mass is 16.6. The van der Waals surface area contributed by atoms with Crippen molar-refractivity contribution in [2.45, 2.75) is 20.4 Å². The topological polar surface area (TPSA) is 87.3 Å². The number of nitrogens with zero attached hydrogens (tertiary/aromatic N) is 3. The number of aryl methyl sites for hydroxylation is 1. The third-order valence-electron chi connectivity index (χ3n) is 2.18. The van der Waals surface area contributed by atoms with Crippen molar-refractivity contribution in [1.82, 2.24) is 9.78 Å². The standard InChI is InChI=1S/C10H13N3O4/c1-7(10(14)17-3)4-5-12-6-8(2)9(11-12)13(15)16/h4,6H,5H2,1-3H3. The molecule has 0 amide bonds. The van der Waals surface area contributed by atoms with Crippen LogP contribution in [0.15, 0.2) is 17.8 Å². The van der Waals surface area contributed by atoms with Gasteiger partial charge in [0, 0.05) is 5.57 Å². The molecule has 7 heteroatoms. The first kappa shape index (κ1) is 12.9. The van der Waals surface area contributed by atoms with E-state index in [9.17, 15) is 14.9 Å². The van der Waals surface area contributed by atoms with Crippen LogP contribution in [0.1, 0.15) is 12.5 Å². The van der Waals surface area contributed by atoms with Gasteiger partial charge in [-0.1, -0.05) is 6.08 Å². The lowest BCUT2D eigenvalue weighted by atomic mass is 10.3. The molecule has 0 bridgehead atoms. The second kappa shape index (κ2) is 5.24. The highest BCUT2D eigenvalue weighted by molar-refractivity contribution is 5.87. The Kier molecular flexibility index (Phi) is 3.97. The van der Waals surface area contributed by atoms with E-state index in [4.69, 9.17) is 0 Å². The first-order valence-corrected chi connectivity index (χ1v) is 4.89. The first-order chi connectivity index (χ1) is 7.95. The lowest BCUT2D eigenvalue weighted by Gasteiger charge is -1.97. The Morgan fingerprint density at radius 3 is 2.82 bits per heavy atom. The van der Waals surface area contributed by atoms with Gasteiger partial charge in [-0.05, 0) is 18.8 Å². The van der Waals surface area contributed by atoms with Gasteiger partial charge >= 0.3 is 11.8 Å². The van der Waals surface area contributed by atoms with Gasteiger partial charge in [0.2, 0.25) is 0 Å². The predicted molar refractivity (Wildman–Crippen MR) is 59.4 cm³/mol. The van der Waals surface area contributed by atoms with E-state index >= 15 is 0 Å². The van der Waals surface area contributed by atoms with E-state index in [1.54, 1.807) is 26.1 Å². The summed E-state index contributed by atoms with van der Waals surface area (Å²) < 4.78 is 5.93. The van der Waals surface area contributed by atoms with Crippen molar-refractivity contribution in [3.8, 4) is 0 Å². The van der Waals surface area contributed by atoms with Crippen LogP contribution in [0.4, 0.5) is 5.82 Å². The summed E-state index contributed by atoms with van der Waals surface area (Å²) in [5, 5.41) is 14.4. The number of aromatic nitrogens is 2. The molecule has 1 aromatic rings. The molecule has 92 valence electrons. The Labute approximate surface area is 97.8 Å². The van der Waals surface area contributed by atoms with Gasteiger partial charge in [-0.25, -0.2) is 4.79 Å². The van der Waals surface area contributed by atoms with Crippen molar-refractivity contribution in [3.05, 3.63) is 33.5 Å². The van der Waals surface area contributed by atoms with E-state index in [1.165, 1.54) is 11.8 Å². The number of methoxy groups -OCH3 is 1. The van der Waals surface area contributed by atoms with Crippen molar-refractivity contribution in [3.63, 3.8) is 0 Å². The summed E-state index contributed by atoms with van der Waals surface area (Å²) in [5.74, 6) is -0.600. The molecule has 0 aromatic carbocycles. The molecule has 0 spiro atoms. The average Bonchev–Trinajstić information content (AvgIpc) is 2.66. The SMILES string of the molecule is COC(=O)C(C)=CCn1cc(C)c([N+](=O)[O-])n1. The molecule has 7 nitrogen and oxygen atoms in total. The maximum absolute atomic E-state index is 11.1. The molecule has 0 aliphatic carbocycles. The van der Waals surface area contributed by atoms with Crippen molar-refractivity contribution in [2.75, 3.05) is 7.11 Å². The predicted octanol–water partition coefficient (Wildman–Crippen LogP) is 1.22. The molecule has 0 atom stereocenters. The maximum Gasteiger partial charge on any atom is 0.392 e. The number of carbonyl (C=O) groups is 1. The molecule has 0 saturated carbocycles. The van der Waals surface area contributed by atoms with E-state index in [0.29, 0.717) is 11.1 Å². The minimum absolute atomic E-state index is 0.172. The summed E-state index contributed by atoms with van der Waals surface area (Å²) in [5.41, 5.74) is 0.919. The van der Waals surface area contributed by atoms with Gasteiger partial charge in [0.25, 0.3) is 0 Å². The molecular formula is C10H13N3O4. The van der Waals surface area contributed by atoms with Crippen LogP contribution < -0.4 is 0 Å². The lowest BCUT2D eigenvalue weighted by molar-refractivity contribution is -0.390. The van der Waals surface area contributed by atoms with Crippen LogP contribution in [-0.4, -0.2) is 27.8 Å². The summed E-state index contributed by atoms with van der Waals surface area (Å²) in [6.45, 7) is 3.50. The molecule has 1 aromatic heterocycles. The van der Waals surface area contributed by atoms with E-state index in [1.807, 2.05) is 0 Å². The van der Waals surface area contributed by atoms with Gasteiger partial charge in [0.05, 0.1) is 30.5 Å². The summed E-state index contributed by atoms with van der Waals surface area (Å²) in [6, 6.07) is 0. The Morgan fingerprint density at radius 2 is 2.35 bits per heavy atom. The van der Waals surface area contributed by atoms with Crippen LogP contribution >= 0.6 is 0 Å². The molecule has 0 radical (unpaired) electrons. The normalized spacial score (nSPS) is 11.4. The minimum atomic E-state index is -0.539. The average molecular weight is 239 g/mol. The van der Waals surface area contributed by atoms with Crippen molar-refractivity contribution in [2.24, 2.45) is 0 Å². The Balaban J connectivity index is 2.80. The van der Waals surface area contributed by atoms with Crippen molar-refractivity contribution < 1.29 is 14.5 Å². The third-order valence-corrected chi connectivity index (χ3v) is 2.18. The van der Waals surface area contributed by atoms with Crippen LogP contribution in [-0.2, 0) is 16.1 Å². The lowest BCUT2D eigenvalue weighted by Crippen LogP contribution is -2.04. The number of hydrogen-bond acceptors (Lipinski definition) is 5. The van der Waals surface area contributed by atoms with E-state index in [-0.39, 0.29) is 12.4 Å². The number of carbonyl (C=O) groups excluding carboxylic acids is 1. The molecule has 0 aliphatic heterocycles. The molecular weight excluding hydrogens is 226 g/mol. The minimum Gasteiger partial charge on any atom is -0.466 e. The Hall–Kier alpha value is -2.18. The molecule has 0 unspecified atom stereocenters. The van der Waals surface area contributed by atoms with Crippen LogP contribution in [0.25, 0.3) is 0 Å². The number of ether oxygens (including phenoxy) is 1. The monoisotopic (exact) mass is 239 g/mol. The van der Waals surface area contributed by atoms with Crippen molar-refractivity contribution in [1.29, 1.82) is 0 Å². The zero-order valence-corrected chi connectivity index (χ0v) is 9.84. The quantitative estimate of drug-likeness (QED) is 0.341. The highest BCUT2D eigenvalue weighted by Crippen LogP contribution is 2.13. The maximum atomic E-state index is 11.1. The molecule has 0 N–H and O–H groups in total. The number of esters is 1. The summed E-state index contributed by atoms with van der Waals surface area (Å²) in [7, 11) is 1.29. The van der Waals surface area contributed by atoms with Gasteiger partial charge in [-0.15, -0.1) is 0 Å². The first-order valence-electron chi connectivity index (χ1n) is 4.89. The van der Waals surface area contributed by atoms with Gasteiger partial charge in [-0.3, -0.25) is 0 Å². The second-order valence-electron chi connectivity index (χ2n) is 3.49. The molecule has 0 aliphatic rings. The number of nitro groups is 1. The fourth-order valence-electron chi connectivity index (χ4n) is 1.26. The molecule has 1 rings (SSSR count). The van der Waals surface area contributed by atoms with E-state index in [0.717, 1.165) is 0 Å². The zero-order valence-electron chi connectivity index (χ0n) is 9.84. The smallest absolute Gasteiger partial charge is 0.392 e. The van der Waals surface area contributed by atoms with Gasteiger partial charge < -0.3 is 14.9 Å². The number of rotatable bonds is 4. The Morgan fingerprint density at radius 1 is 1.71 bits per heavy atom. The van der Waals surface area contributed by atoms with Crippen LogP contribution in [0.2, 0.25) is 0 Å². The van der Waals surface area contributed by atoms with Crippen LogP contribution in [0.5, 0.6) is 0 Å². The summed E-state index contributed by atoms with van der Waals surface area (Å²) >= 11 is 0. The molecule has 17 heavy (non-hydrogen) atoms. The largest absolute Gasteiger partial charge is 0.466 e. The van der Waals surface area contributed by atoms with Gasteiger partial charge in [0.15, 0.2) is 0 Å².